The number of methoxy groups -OCH3 is 1. The zero-order chi connectivity index (χ0) is 24.4. The zero-order valence-electron chi connectivity index (χ0n) is 19.2. The minimum absolute atomic E-state index is 0.152. The van der Waals surface area contributed by atoms with Crippen molar-refractivity contribution in [1.82, 2.24) is 4.57 Å². The van der Waals surface area contributed by atoms with Gasteiger partial charge in [0.2, 0.25) is 5.43 Å². The smallest absolute Gasteiger partial charge is 0.201 e. The standard InChI is InChI=1S/C27H25BrFNO3S/c1-4-16(2)24(31)21-15-30(14-18-7-5-6-8-22(18)29)27-23(25(21)32)20(13-28)26(34-27)17-9-11-19(33-3)12-10-17/h5-12,15-16H,4,13-14H2,1-3H3. The summed E-state index contributed by atoms with van der Waals surface area (Å²) < 4.78 is 21.6. The summed E-state index contributed by atoms with van der Waals surface area (Å²) in [6.07, 6.45) is 2.24. The Morgan fingerprint density at radius 1 is 1.18 bits per heavy atom. The lowest BCUT2D eigenvalue weighted by atomic mass is 9.96. The molecule has 4 aromatic rings. The van der Waals surface area contributed by atoms with Crippen LogP contribution in [0.25, 0.3) is 20.7 Å². The van der Waals surface area contributed by atoms with Crippen LogP contribution in [0, 0.1) is 11.7 Å². The molecular weight excluding hydrogens is 517 g/mol. The van der Waals surface area contributed by atoms with Gasteiger partial charge in [0, 0.05) is 27.9 Å². The molecule has 34 heavy (non-hydrogen) atoms. The van der Waals surface area contributed by atoms with E-state index in [-0.39, 0.29) is 35.1 Å². The van der Waals surface area contributed by atoms with E-state index in [0.29, 0.717) is 27.5 Å². The number of carbonyl (C=O) groups excluding carboxylic acids is 1. The lowest BCUT2D eigenvalue weighted by Crippen LogP contribution is -2.23. The topological polar surface area (TPSA) is 48.3 Å². The van der Waals surface area contributed by atoms with Gasteiger partial charge in [0.15, 0.2) is 5.78 Å². The van der Waals surface area contributed by atoms with E-state index >= 15 is 0 Å². The van der Waals surface area contributed by atoms with Gasteiger partial charge in [-0.3, -0.25) is 9.59 Å². The van der Waals surface area contributed by atoms with Crippen LogP contribution in [-0.2, 0) is 11.9 Å². The number of nitrogens with zero attached hydrogens (tertiary/aromatic N) is 1. The van der Waals surface area contributed by atoms with E-state index in [9.17, 15) is 14.0 Å². The number of Topliss-reactive ketones (excluding diaryl/α,β-unsaturated/α-hetero) is 1. The lowest BCUT2D eigenvalue weighted by Gasteiger charge is -2.13. The van der Waals surface area contributed by atoms with E-state index in [1.165, 1.54) is 17.4 Å². The van der Waals surface area contributed by atoms with Crippen LogP contribution in [0.2, 0.25) is 0 Å². The van der Waals surface area contributed by atoms with Gasteiger partial charge in [0.05, 0.1) is 24.6 Å². The highest BCUT2D eigenvalue weighted by Gasteiger charge is 2.25. The number of ether oxygens (including phenoxy) is 1. The maximum Gasteiger partial charge on any atom is 0.201 e. The van der Waals surface area contributed by atoms with Crippen LogP contribution in [0.3, 0.4) is 0 Å². The van der Waals surface area contributed by atoms with Crippen molar-refractivity contribution in [3.05, 3.63) is 87.5 Å². The van der Waals surface area contributed by atoms with Crippen LogP contribution in [-0.4, -0.2) is 17.5 Å². The Morgan fingerprint density at radius 2 is 1.88 bits per heavy atom. The van der Waals surface area contributed by atoms with Gasteiger partial charge in [0.25, 0.3) is 0 Å². The Labute approximate surface area is 210 Å². The summed E-state index contributed by atoms with van der Waals surface area (Å²) in [6, 6.07) is 14.2. The molecule has 4 rings (SSSR count). The number of halogens is 2. The lowest BCUT2D eigenvalue weighted by molar-refractivity contribution is 0.0925. The first-order chi connectivity index (χ1) is 16.4. The molecule has 7 heteroatoms. The number of aromatic nitrogens is 1. The summed E-state index contributed by atoms with van der Waals surface area (Å²) in [6.45, 7) is 3.97. The van der Waals surface area contributed by atoms with Crippen LogP contribution in [0.15, 0.2) is 59.5 Å². The molecule has 0 N–H and O–H groups in total. The van der Waals surface area contributed by atoms with Crippen molar-refractivity contribution in [3.8, 4) is 16.2 Å². The van der Waals surface area contributed by atoms with Gasteiger partial charge in [-0.25, -0.2) is 4.39 Å². The number of benzene rings is 2. The fraction of sp³-hybridized carbons (Fsp3) is 0.259. The molecule has 1 unspecified atom stereocenters. The Kier molecular flexibility index (Phi) is 7.33. The number of alkyl halides is 1. The molecule has 4 nitrogen and oxygen atoms in total. The molecule has 1 atom stereocenters. The number of fused-ring (bicyclic) bond motifs is 1. The predicted molar refractivity (Wildman–Crippen MR) is 140 cm³/mol. The number of hydrogen-bond acceptors (Lipinski definition) is 4. The molecule has 0 bridgehead atoms. The number of rotatable bonds is 8. The van der Waals surface area contributed by atoms with Gasteiger partial charge in [-0.1, -0.05) is 48.0 Å². The SMILES string of the molecule is CCC(C)C(=O)c1cn(Cc2ccccc2F)c2sc(-c3ccc(OC)cc3)c(CBr)c2c1=O. The third kappa shape index (κ3) is 4.46. The summed E-state index contributed by atoms with van der Waals surface area (Å²) in [5.74, 6) is -0.0452. The van der Waals surface area contributed by atoms with Gasteiger partial charge in [0.1, 0.15) is 16.4 Å². The first-order valence-corrected chi connectivity index (χ1v) is 13.0. The Bertz CT molecular complexity index is 1410. The molecule has 0 radical (unpaired) electrons. The monoisotopic (exact) mass is 541 g/mol. The van der Waals surface area contributed by atoms with Gasteiger partial charge >= 0.3 is 0 Å². The maximum absolute atomic E-state index is 14.5. The van der Waals surface area contributed by atoms with Gasteiger partial charge in [-0.05, 0) is 47.9 Å². The molecule has 0 aliphatic rings. The predicted octanol–water partition coefficient (Wildman–Crippen LogP) is 7.05. The average Bonchev–Trinajstić information content (AvgIpc) is 3.26. The van der Waals surface area contributed by atoms with E-state index in [2.05, 4.69) is 15.9 Å². The van der Waals surface area contributed by atoms with Gasteiger partial charge < -0.3 is 9.30 Å². The van der Waals surface area contributed by atoms with E-state index in [4.69, 9.17) is 4.74 Å². The molecule has 2 aromatic carbocycles. The number of carbonyl (C=O) groups is 1. The molecule has 0 amide bonds. The highest BCUT2D eigenvalue weighted by atomic mass is 79.9. The highest BCUT2D eigenvalue weighted by Crippen LogP contribution is 2.39. The molecule has 176 valence electrons. The van der Waals surface area contributed by atoms with Crippen LogP contribution < -0.4 is 10.2 Å². The summed E-state index contributed by atoms with van der Waals surface area (Å²) in [4.78, 5) is 28.4. The third-order valence-corrected chi connectivity index (χ3v) is 7.99. The minimum atomic E-state index is -0.322. The van der Waals surface area contributed by atoms with Crippen LogP contribution in [0.4, 0.5) is 4.39 Å². The fourth-order valence-electron chi connectivity index (χ4n) is 3.95. The van der Waals surface area contributed by atoms with Crippen LogP contribution in [0.5, 0.6) is 5.75 Å². The molecule has 0 aliphatic carbocycles. The van der Waals surface area contributed by atoms with Crippen molar-refractivity contribution in [2.45, 2.75) is 32.1 Å². The summed E-state index contributed by atoms with van der Waals surface area (Å²) >= 11 is 5.04. The average molecular weight is 542 g/mol. The summed E-state index contributed by atoms with van der Waals surface area (Å²) in [5.41, 5.74) is 2.16. The molecule has 0 saturated carbocycles. The van der Waals surface area contributed by atoms with Crippen molar-refractivity contribution in [3.63, 3.8) is 0 Å². The maximum atomic E-state index is 14.5. The molecular formula is C27H25BrFNO3S. The Hall–Kier alpha value is -2.77. The molecule has 2 heterocycles. The van der Waals surface area contributed by atoms with Crippen LogP contribution in [0.1, 0.15) is 41.8 Å². The molecule has 0 fully saturated rings. The van der Waals surface area contributed by atoms with Crippen LogP contribution >= 0.6 is 27.3 Å². The quantitative estimate of drug-likeness (QED) is 0.177. The van der Waals surface area contributed by atoms with Crippen molar-refractivity contribution >= 4 is 43.3 Å². The zero-order valence-corrected chi connectivity index (χ0v) is 21.6. The Morgan fingerprint density at radius 3 is 2.50 bits per heavy atom. The van der Waals surface area contributed by atoms with Crippen molar-refractivity contribution in [1.29, 1.82) is 0 Å². The number of pyridine rings is 1. The first-order valence-electron chi connectivity index (χ1n) is 11.1. The third-order valence-electron chi connectivity index (χ3n) is 6.12. The molecule has 2 aromatic heterocycles. The molecule has 0 spiro atoms. The summed E-state index contributed by atoms with van der Waals surface area (Å²) in [5, 5.41) is 0.961. The van der Waals surface area contributed by atoms with E-state index < -0.39 is 0 Å². The van der Waals surface area contributed by atoms with E-state index in [0.717, 1.165) is 21.8 Å². The molecule has 0 saturated heterocycles. The number of ketones is 1. The normalized spacial score (nSPS) is 12.1. The van der Waals surface area contributed by atoms with Crippen molar-refractivity contribution in [2.75, 3.05) is 7.11 Å². The molecule has 0 aliphatic heterocycles. The Balaban J connectivity index is 2.00. The van der Waals surface area contributed by atoms with E-state index in [1.807, 2.05) is 42.7 Å². The summed E-state index contributed by atoms with van der Waals surface area (Å²) in [7, 11) is 1.61. The van der Waals surface area contributed by atoms with Gasteiger partial charge in [-0.2, -0.15) is 0 Å². The number of hydrogen-bond donors (Lipinski definition) is 0. The fourth-order valence-corrected chi connectivity index (χ4v) is 6.00. The van der Waals surface area contributed by atoms with E-state index in [1.54, 1.807) is 31.5 Å². The second kappa shape index (κ2) is 10.2. The van der Waals surface area contributed by atoms with Gasteiger partial charge in [-0.15, -0.1) is 11.3 Å². The van der Waals surface area contributed by atoms with Crippen molar-refractivity contribution in [2.24, 2.45) is 5.92 Å². The number of thiophene rings is 1. The first kappa shape index (κ1) is 24.4. The second-order valence-corrected chi connectivity index (χ2v) is 9.78. The van der Waals surface area contributed by atoms with Crippen molar-refractivity contribution < 1.29 is 13.9 Å². The second-order valence-electron chi connectivity index (χ2n) is 8.22. The highest BCUT2D eigenvalue weighted by molar-refractivity contribution is 9.08. The largest absolute Gasteiger partial charge is 0.497 e. The minimum Gasteiger partial charge on any atom is -0.497 e.